The highest BCUT2D eigenvalue weighted by molar-refractivity contribution is 5.29. The Hall–Kier alpha value is -0.980. The van der Waals surface area contributed by atoms with Gasteiger partial charge < -0.3 is 5.11 Å². The summed E-state index contributed by atoms with van der Waals surface area (Å²) in [4.78, 5) is 0. The van der Waals surface area contributed by atoms with E-state index in [0.717, 1.165) is 0 Å². The van der Waals surface area contributed by atoms with Gasteiger partial charge in [0.1, 0.15) is 5.75 Å². The van der Waals surface area contributed by atoms with Gasteiger partial charge in [-0.1, -0.05) is 32.7 Å². The van der Waals surface area contributed by atoms with Gasteiger partial charge in [-0.05, 0) is 23.1 Å². The van der Waals surface area contributed by atoms with Crippen molar-refractivity contribution in [3.63, 3.8) is 0 Å². The molecule has 0 saturated carbocycles. The summed E-state index contributed by atoms with van der Waals surface area (Å²) in [6.45, 7) is -9.55. The van der Waals surface area contributed by atoms with Crippen LogP contribution < -0.4 is 0 Å². The highest BCUT2D eigenvalue weighted by atomic mass is 16.3. The van der Waals surface area contributed by atoms with E-state index in [4.69, 9.17) is 17.9 Å². The average Bonchev–Trinajstić information content (AvgIpc) is 2.38. The van der Waals surface area contributed by atoms with E-state index in [0.29, 0.717) is 0 Å². The molecule has 0 bridgehead atoms. The topological polar surface area (TPSA) is 20.2 Å². The summed E-state index contributed by atoms with van der Waals surface area (Å²) in [5.74, 6) is -0.815. The molecule has 0 atom stereocenters. The number of hydrogen-bond acceptors (Lipinski definition) is 1. The maximum Gasteiger partial charge on any atom is 0.293 e. The minimum atomic E-state index is -3.50. The lowest BCUT2D eigenvalue weighted by Gasteiger charge is -2.18. The van der Waals surface area contributed by atoms with Crippen molar-refractivity contribution >= 4 is 0 Å². The first-order chi connectivity index (χ1) is 10.7. The fraction of sp³-hybridized carbons (Fsp3) is 0.400. The van der Waals surface area contributed by atoms with Gasteiger partial charge in [0, 0.05) is 11.0 Å². The molecule has 1 heteroatoms. The van der Waals surface area contributed by atoms with Gasteiger partial charge >= 0.3 is 0 Å². The molecule has 0 unspecified atom stereocenters. The third-order valence-corrected chi connectivity index (χ3v) is 0.996. The van der Waals surface area contributed by atoms with Crippen LogP contribution in [0, 0.1) is 0 Å². The van der Waals surface area contributed by atoms with Crippen LogP contribution >= 0.6 is 0 Å². The quantitative estimate of drug-likeness (QED) is 0.675. The molecule has 1 aromatic carbocycles. The Balaban J connectivity index is 4.16. The third kappa shape index (κ3) is 1.97. The van der Waals surface area contributed by atoms with E-state index in [9.17, 15) is 0 Å². The van der Waals surface area contributed by atoms with E-state index in [2.05, 4.69) is 5.11 Å². The van der Waals surface area contributed by atoms with E-state index in [1.165, 1.54) is 0 Å². The van der Waals surface area contributed by atoms with Crippen molar-refractivity contribution < 1.29 is 21.6 Å². The van der Waals surface area contributed by atoms with Crippen molar-refractivity contribution in [2.24, 2.45) is 0 Å². The molecule has 0 aliphatic rings. The first-order valence-electron chi connectivity index (χ1n) is 9.31. The molecule has 0 fully saturated rings. The van der Waals surface area contributed by atoms with Crippen molar-refractivity contribution in [2.75, 3.05) is 0 Å². The number of phenolic OH excluding ortho intramolecular Hbond substituents is 1. The zero-order valence-corrected chi connectivity index (χ0v) is 5.49. The zero-order chi connectivity index (χ0) is 19.2. The second-order valence-electron chi connectivity index (χ2n) is 2.01. The summed E-state index contributed by atoms with van der Waals surface area (Å²) in [5, 5.41) is 4.00. The van der Waals surface area contributed by atoms with Crippen molar-refractivity contribution in [3.8, 4) is 5.75 Å². The van der Waals surface area contributed by atoms with Gasteiger partial charge in [-0.15, -0.1) is 0 Å². The summed E-state index contributed by atoms with van der Waals surface area (Å²) < 4.78 is 98.4. The Morgan fingerprint density at radius 3 is 2.64 bits per heavy atom. The van der Waals surface area contributed by atoms with E-state index in [-0.39, 0.29) is 0 Å². The molecule has 0 saturated heterocycles. The van der Waals surface area contributed by atoms with E-state index in [1.807, 2.05) is 0 Å². The zero-order valence-electron chi connectivity index (χ0n) is 18.5. The smallest absolute Gasteiger partial charge is 0.293 e. The molecule has 60 valence electrons. The number of phenols is 1. The van der Waals surface area contributed by atoms with Gasteiger partial charge in [0.15, 0.2) is 0 Å². The van der Waals surface area contributed by atoms with Gasteiger partial charge in [0.25, 0.3) is 1.43 Å². The van der Waals surface area contributed by atoms with Crippen LogP contribution in [0.3, 0.4) is 0 Å². The Bertz CT molecular complexity index is 586. The van der Waals surface area contributed by atoms with Crippen LogP contribution in [-0.2, 0) is 5.41 Å². The molecule has 11 heavy (non-hydrogen) atoms. The van der Waals surface area contributed by atoms with Crippen molar-refractivity contribution in [3.05, 3.63) is 29.7 Å². The normalized spacial score (nSPS) is 30.8. The van der Waals surface area contributed by atoms with Gasteiger partial charge in [-0.2, -0.15) is 0 Å². The molecular formula is C10H14O. The maximum atomic E-state index is 7.87. The van der Waals surface area contributed by atoms with Crippen LogP contribution in [0.25, 0.3) is 0 Å². The van der Waals surface area contributed by atoms with Gasteiger partial charge in [0.2, 0.25) is 0 Å². The Kier molecular flexibility index (Phi) is 0.360. The number of hydrogen-bond donors (Lipinski definition) is 1. The van der Waals surface area contributed by atoms with Crippen molar-refractivity contribution in [1.29, 1.82) is 1.43 Å². The summed E-state index contributed by atoms with van der Waals surface area (Å²) >= 11 is 0. The molecule has 1 N–H and O–H groups in total. The molecule has 1 aromatic rings. The fourth-order valence-electron chi connectivity index (χ4n) is 0.498. The van der Waals surface area contributed by atoms with E-state index >= 15 is 0 Å². The first kappa shape index (κ1) is 1.54. The van der Waals surface area contributed by atoms with Crippen LogP contribution in [-0.4, -0.2) is 6.54 Å². The van der Waals surface area contributed by atoms with Gasteiger partial charge in [-0.3, -0.25) is 0 Å². The molecule has 0 aliphatic heterocycles. The molecule has 0 heterocycles. The molecule has 0 spiro atoms. The van der Waals surface area contributed by atoms with Gasteiger partial charge in [0.05, 0.1) is 5.48 Å². The SMILES string of the molecule is [2H]Oc1c([2H])c([2H])c(C(C([2H])[2H])(C([2H])([2H])[2H])C([2H])([2H])[2H])c([2H])c1[2H]. The van der Waals surface area contributed by atoms with Crippen LogP contribution in [0.1, 0.15) is 42.6 Å². The van der Waals surface area contributed by atoms with E-state index < -0.39 is 61.5 Å². The minimum Gasteiger partial charge on any atom is -0.508 e. The van der Waals surface area contributed by atoms with Crippen LogP contribution in [0.5, 0.6) is 5.75 Å². The largest absolute Gasteiger partial charge is 0.508 e. The lowest BCUT2D eigenvalue weighted by Crippen LogP contribution is -2.10. The van der Waals surface area contributed by atoms with Crippen molar-refractivity contribution in [2.45, 2.75) is 26.0 Å². The van der Waals surface area contributed by atoms with Crippen molar-refractivity contribution in [1.82, 2.24) is 0 Å². The molecule has 0 aromatic heterocycles. The highest BCUT2D eigenvalue weighted by Gasteiger charge is 2.12. The summed E-state index contributed by atoms with van der Waals surface area (Å²) in [7, 11) is 0. The summed E-state index contributed by atoms with van der Waals surface area (Å²) in [5.41, 5.74) is -4.37. The Morgan fingerprint density at radius 1 is 1.45 bits per heavy atom. The predicted octanol–water partition coefficient (Wildman–Crippen LogP) is 2.69. The number of aromatic hydroxyl groups is 1. The first-order valence-corrected chi connectivity index (χ1v) is 2.74. The average molecular weight is 163 g/mol. The molecule has 1 rings (SSSR count). The minimum absolute atomic E-state index is 0.815. The second-order valence-corrected chi connectivity index (χ2v) is 2.01. The Labute approximate surface area is 86.0 Å². The summed E-state index contributed by atoms with van der Waals surface area (Å²) in [6, 6.07) is -4.07. The van der Waals surface area contributed by atoms with Crippen LogP contribution in [0.15, 0.2) is 24.2 Å². The molecular weight excluding hydrogens is 136 g/mol. The van der Waals surface area contributed by atoms with Gasteiger partial charge in [-0.25, -0.2) is 0 Å². The molecule has 0 radical (unpaired) electrons. The highest BCUT2D eigenvalue weighted by Crippen LogP contribution is 2.23. The Morgan fingerprint density at radius 2 is 2.18 bits per heavy atom. The second kappa shape index (κ2) is 2.57. The molecule has 0 aliphatic carbocycles. The predicted molar refractivity (Wildman–Crippen MR) is 46.8 cm³/mol. The number of benzene rings is 1. The molecule has 0 amide bonds. The van der Waals surface area contributed by atoms with E-state index in [1.54, 1.807) is 0 Å². The third-order valence-electron chi connectivity index (χ3n) is 0.996. The van der Waals surface area contributed by atoms with Crippen LogP contribution in [0.4, 0.5) is 0 Å². The maximum absolute atomic E-state index is 7.87. The fourth-order valence-corrected chi connectivity index (χ4v) is 0.498. The summed E-state index contributed by atoms with van der Waals surface area (Å²) in [6.07, 6.45) is 0. The standard InChI is InChI=1S/C10H14O/c1-10(2,3)8-4-6-9(11)7-5-8/h4-7,11H,1-3H3/i1D2,2D3,3D3,4D,5D,6D,7D/hD. The monoisotopic (exact) mass is 163 g/mol. The lowest BCUT2D eigenvalue weighted by molar-refractivity contribution is 0.474. The number of rotatable bonds is 1. The lowest BCUT2D eigenvalue weighted by atomic mass is 9.87. The molecule has 1 nitrogen and oxygen atoms in total. The van der Waals surface area contributed by atoms with Crippen LogP contribution in [0.2, 0.25) is 0 Å².